The lowest BCUT2D eigenvalue weighted by molar-refractivity contribution is -0.117. The van der Waals surface area contributed by atoms with Crippen LogP contribution in [0.25, 0.3) is 6.08 Å². The number of allylic oxidation sites excluding steroid dienone is 2. The Morgan fingerprint density at radius 2 is 2.11 bits per heavy atom. The first-order valence-corrected chi connectivity index (χ1v) is 6.29. The first kappa shape index (κ1) is 11.5. The predicted octanol–water partition coefficient (Wildman–Crippen LogP) is 4.00. The van der Waals surface area contributed by atoms with Crippen molar-refractivity contribution in [1.82, 2.24) is 0 Å². The van der Waals surface area contributed by atoms with Gasteiger partial charge in [0.15, 0.2) is 11.5 Å². The van der Waals surface area contributed by atoms with Crippen LogP contribution in [-0.4, -0.2) is 5.78 Å². The Morgan fingerprint density at radius 1 is 1.33 bits per heavy atom. The van der Waals surface area contributed by atoms with Crippen LogP contribution in [-0.2, 0) is 4.79 Å². The summed E-state index contributed by atoms with van der Waals surface area (Å²) in [6, 6.07) is 5.54. The molecular weight excluding hydrogens is 248 g/mol. The second-order valence-electron chi connectivity index (χ2n) is 5.42. The van der Waals surface area contributed by atoms with Gasteiger partial charge in [-0.25, -0.2) is 0 Å². The summed E-state index contributed by atoms with van der Waals surface area (Å²) in [7, 11) is 0. The topological polar surface area (TPSA) is 26.3 Å². The Labute approximate surface area is 111 Å². The van der Waals surface area contributed by atoms with Crippen molar-refractivity contribution in [3.63, 3.8) is 0 Å². The highest BCUT2D eigenvalue weighted by Gasteiger charge is 2.34. The van der Waals surface area contributed by atoms with E-state index in [0.29, 0.717) is 28.5 Å². The van der Waals surface area contributed by atoms with E-state index < -0.39 is 0 Å². The van der Waals surface area contributed by atoms with Crippen molar-refractivity contribution in [3.8, 4) is 5.75 Å². The summed E-state index contributed by atoms with van der Waals surface area (Å²) in [5, 5.41) is 0.569. The van der Waals surface area contributed by atoms with E-state index in [2.05, 4.69) is 0 Å². The van der Waals surface area contributed by atoms with Crippen LogP contribution in [0, 0.1) is 5.41 Å². The highest BCUT2D eigenvalue weighted by Crippen LogP contribution is 2.42. The molecule has 1 aliphatic heterocycles. The van der Waals surface area contributed by atoms with Crippen molar-refractivity contribution in [2.45, 2.75) is 20.3 Å². The minimum atomic E-state index is -0.164. The number of ketones is 1. The third-order valence-corrected chi connectivity index (χ3v) is 3.51. The Morgan fingerprint density at radius 3 is 2.89 bits per heavy atom. The summed E-state index contributed by atoms with van der Waals surface area (Å²) in [4.78, 5) is 12.1. The number of fused-ring (bicyclic) bond motifs is 2. The number of benzene rings is 1. The van der Waals surface area contributed by atoms with Gasteiger partial charge in [-0.1, -0.05) is 37.6 Å². The van der Waals surface area contributed by atoms with E-state index in [1.165, 1.54) is 0 Å². The molecule has 0 N–H and O–H groups in total. The number of carbonyl (C=O) groups excluding carboxylic acids is 1. The Hall–Kier alpha value is -1.54. The molecule has 0 spiro atoms. The molecule has 0 saturated carbocycles. The van der Waals surface area contributed by atoms with Gasteiger partial charge in [0.05, 0.1) is 10.6 Å². The molecule has 0 amide bonds. The third kappa shape index (κ3) is 1.77. The van der Waals surface area contributed by atoms with Crippen molar-refractivity contribution in [2.75, 3.05) is 0 Å². The lowest BCUT2D eigenvalue weighted by Gasteiger charge is -2.30. The van der Waals surface area contributed by atoms with Gasteiger partial charge in [-0.2, -0.15) is 0 Å². The fraction of sp³-hybridized carbons (Fsp3) is 0.267. The number of Topliss-reactive ketones (excluding diaryl/α,β-unsaturated/α-hetero) is 1. The van der Waals surface area contributed by atoms with E-state index in [1.807, 2.05) is 38.1 Å². The highest BCUT2D eigenvalue weighted by atomic mass is 35.5. The molecule has 18 heavy (non-hydrogen) atoms. The van der Waals surface area contributed by atoms with Crippen LogP contribution >= 0.6 is 11.6 Å². The van der Waals surface area contributed by atoms with Gasteiger partial charge in [0.25, 0.3) is 0 Å². The largest absolute Gasteiger partial charge is 0.455 e. The Balaban J connectivity index is 2.19. The number of halogens is 1. The van der Waals surface area contributed by atoms with Crippen LogP contribution in [0.4, 0.5) is 0 Å². The van der Waals surface area contributed by atoms with Gasteiger partial charge < -0.3 is 4.74 Å². The quantitative estimate of drug-likeness (QED) is 0.705. The normalized spacial score (nSPS) is 20.3. The van der Waals surface area contributed by atoms with Crippen molar-refractivity contribution >= 4 is 23.5 Å². The van der Waals surface area contributed by atoms with Crippen molar-refractivity contribution in [1.29, 1.82) is 0 Å². The maximum atomic E-state index is 12.1. The standard InChI is InChI=1S/C15H13ClO2/c1-15(2)7-12(17)10-6-9-4-3-5-11(16)14(9)18-13(10)8-15/h3-6,8H,7H2,1-2H3. The first-order valence-electron chi connectivity index (χ1n) is 5.91. The lowest BCUT2D eigenvalue weighted by atomic mass is 9.78. The van der Waals surface area contributed by atoms with Crippen molar-refractivity contribution in [2.24, 2.45) is 5.41 Å². The van der Waals surface area contributed by atoms with E-state index in [4.69, 9.17) is 16.3 Å². The number of carbonyl (C=O) groups is 1. The fourth-order valence-electron chi connectivity index (χ4n) is 2.38. The van der Waals surface area contributed by atoms with Crippen LogP contribution in [0.2, 0.25) is 5.02 Å². The molecule has 1 aromatic carbocycles. The summed E-state index contributed by atoms with van der Waals surface area (Å²) in [5.41, 5.74) is 1.36. The number of para-hydroxylation sites is 1. The lowest BCUT2D eigenvalue weighted by Crippen LogP contribution is -2.26. The van der Waals surface area contributed by atoms with E-state index in [1.54, 1.807) is 6.07 Å². The smallest absolute Gasteiger partial charge is 0.167 e. The van der Waals surface area contributed by atoms with Gasteiger partial charge in [0.2, 0.25) is 0 Å². The predicted molar refractivity (Wildman–Crippen MR) is 71.5 cm³/mol. The molecular formula is C15H13ClO2. The van der Waals surface area contributed by atoms with Gasteiger partial charge in [-0.3, -0.25) is 4.79 Å². The molecule has 0 radical (unpaired) electrons. The van der Waals surface area contributed by atoms with Crippen LogP contribution in [0.1, 0.15) is 25.8 Å². The second-order valence-corrected chi connectivity index (χ2v) is 5.82. The van der Waals surface area contributed by atoms with Crippen LogP contribution in [0.15, 0.2) is 35.6 Å². The molecule has 92 valence electrons. The van der Waals surface area contributed by atoms with Gasteiger partial charge in [-0.05, 0) is 23.6 Å². The van der Waals surface area contributed by atoms with E-state index in [9.17, 15) is 4.79 Å². The van der Waals surface area contributed by atoms with Crippen LogP contribution in [0.5, 0.6) is 5.75 Å². The van der Waals surface area contributed by atoms with Crippen LogP contribution < -0.4 is 4.74 Å². The molecule has 0 bridgehead atoms. The van der Waals surface area contributed by atoms with E-state index in [0.717, 1.165) is 5.56 Å². The molecule has 1 heterocycles. The zero-order valence-corrected chi connectivity index (χ0v) is 11.0. The average molecular weight is 261 g/mol. The summed E-state index contributed by atoms with van der Waals surface area (Å²) in [6.45, 7) is 4.06. The Kier molecular flexibility index (Phi) is 2.39. The van der Waals surface area contributed by atoms with Gasteiger partial charge in [-0.15, -0.1) is 0 Å². The minimum Gasteiger partial charge on any atom is -0.455 e. The number of ether oxygens (including phenoxy) is 1. The van der Waals surface area contributed by atoms with Crippen LogP contribution in [0.3, 0.4) is 0 Å². The zero-order chi connectivity index (χ0) is 12.9. The van der Waals surface area contributed by atoms with Gasteiger partial charge in [0, 0.05) is 12.0 Å². The fourth-order valence-corrected chi connectivity index (χ4v) is 2.60. The summed E-state index contributed by atoms with van der Waals surface area (Å²) in [5.74, 6) is 1.40. The molecule has 3 rings (SSSR count). The highest BCUT2D eigenvalue weighted by molar-refractivity contribution is 6.32. The van der Waals surface area contributed by atoms with E-state index >= 15 is 0 Å². The molecule has 1 aromatic rings. The van der Waals surface area contributed by atoms with Gasteiger partial charge in [0.1, 0.15) is 5.76 Å². The molecule has 0 unspecified atom stereocenters. The molecule has 0 saturated heterocycles. The SMILES string of the molecule is CC1(C)C=C2Oc3c(Cl)cccc3C=C2C(=O)C1. The summed E-state index contributed by atoms with van der Waals surface area (Å²) >= 11 is 6.11. The molecule has 1 aliphatic carbocycles. The third-order valence-electron chi connectivity index (χ3n) is 3.21. The summed E-state index contributed by atoms with van der Waals surface area (Å²) in [6.07, 6.45) is 4.39. The molecule has 0 atom stereocenters. The van der Waals surface area contributed by atoms with E-state index in [-0.39, 0.29) is 11.2 Å². The maximum absolute atomic E-state index is 12.1. The maximum Gasteiger partial charge on any atom is 0.167 e. The first-order chi connectivity index (χ1) is 8.46. The van der Waals surface area contributed by atoms with Gasteiger partial charge >= 0.3 is 0 Å². The summed E-state index contributed by atoms with van der Waals surface area (Å²) < 4.78 is 5.81. The monoisotopic (exact) mass is 260 g/mol. The van der Waals surface area contributed by atoms with Crippen molar-refractivity contribution < 1.29 is 9.53 Å². The average Bonchev–Trinajstić information content (AvgIpc) is 2.27. The minimum absolute atomic E-state index is 0.128. The molecule has 0 fully saturated rings. The number of hydrogen-bond donors (Lipinski definition) is 0. The Bertz CT molecular complexity index is 609. The number of rotatable bonds is 0. The molecule has 2 nitrogen and oxygen atoms in total. The number of hydrogen-bond acceptors (Lipinski definition) is 2. The van der Waals surface area contributed by atoms with Crippen molar-refractivity contribution in [3.05, 3.63) is 46.2 Å². The molecule has 3 heteroatoms. The molecule has 0 aromatic heterocycles. The molecule has 2 aliphatic rings. The second kappa shape index (κ2) is 3.72. The zero-order valence-electron chi connectivity index (χ0n) is 10.3.